The molecule has 14 heteroatoms. The highest BCUT2D eigenvalue weighted by Crippen LogP contribution is 2.40. The van der Waals surface area contributed by atoms with Crippen LogP contribution in [0.2, 0.25) is 0 Å². The van der Waals surface area contributed by atoms with E-state index in [9.17, 15) is 22.8 Å². The molecule has 45 heavy (non-hydrogen) atoms. The van der Waals surface area contributed by atoms with E-state index in [1.165, 1.54) is 30.2 Å². The molecule has 1 saturated heterocycles. The van der Waals surface area contributed by atoms with E-state index in [0.29, 0.717) is 22.7 Å². The number of anilines is 6. The number of hydrogen-bond acceptors (Lipinski definition) is 8. The molecule has 0 unspecified atom stereocenters. The zero-order valence-electron chi connectivity index (χ0n) is 25.5. The topological polar surface area (TPSA) is 106 Å². The number of amides is 3. The fraction of sp³-hybridized carbons (Fsp3) is 0.355. The first-order valence-corrected chi connectivity index (χ1v) is 14.4. The lowest BCUT2D eigenvalue weighted by Crippen LogP contribution is -2.48. The van der Waals surface area contributed by atoms with Crippen molar-refractivity contribution in [2.24, 2.45) is 0 Å². The Morgan fingerprint density at radius 2 is 1.78 bits per heavy atom. The van der Waals surface area contributed by atoms with Crippen LogP contribution in [-0.2, 0) is 17.5 Å². The molecule has 2 aromatic carbocycles. The quantitative estimate of drug-likeness (QED) is 0.312. The van der Waals surface area contributed by atoms with Gasteiger partial charge in [0.25, 0.3) is 0 Å². The summed E-state index contributed by atoms with van der Waals surface area (Å²) in [6, 6.07) is 7.29. The van der Waals surface area contributed by atoms with Crippen LogP contribution in [0.1, 0.15) is 25.0 Å². The molecule has 2 aliphatic heterocycles. The maximum Gasteiger partial charge on any atom is 0.416 e. The minimum absolute atomic E-state index is 0.114. The molecule has 1 fully saturated rings. The number of carbonyl (C=O) groups excluding carboxylic acids is 2. The van der Waals surface area contributed by atoms with E-state index in [4.69, 9.17) is 4.74 Å². The number of halogens is 3. The van der Waals surface area contributed by atoms with Gasteiger partial charge in [0.1, 0.15) is 5.75 Å². The van der Waals surface area contributed by atoms with Crippen LogP contribution < -0.4 is 25.2 Å². The second kappa shape index (κ2) is 12.6. The number of benzene rings is 2. The Morgan fingerprint density at radius 3 is 2.38 bits per heavy atom. The summed E-state index contributed by atoms with van der Waals surface area (Å²) in [6.45, 7) is 10.7. The smallest absolute Gasteiger partial charge is 0.416 e. The fourth-order valence-electron chi connectivity index (χ4n) is 5.22. The Morgan fingerprint density at radius 1 is 1.09 bits per heavy atom. The van der Waals surface area contributed by atoms with Crippen molar-refractivity contribution in [3.63, 3.8) is 0 Å². The van der Waals surface area contributed by atoms with Crippen LogP contribution in [0.5, 0.6) is 5.75 Å². The predicted octanol–water partition coefficient (Wildman–Crippen LogP) is 5.61. The van der Waals surface area contributed by atoms with Crippen molar-refractivity contribution < 1.29 is 27.5 Å². The van der Waals surface area contributed by atoms with E-state index >= 15 is 0 Å². The summed E-state index contributed by atoms with van der Waals surface area (Å²) >= 11 is 0. The zero-order valence-corrected chi connectivity index (χ0v) is 25.5. The maximum atomic E-state index is 13.6. The summed E-state index contributed by atoms with van der Waals surface area (Å²) < 4.78 is 45.5. The van der Waals surface area contributed by atoms with Gasteiger partial charge < -0.3 is 30.1 Å². The number of alkyl halides is 3. The monoisotopic (exact) mass is 624 g/mol. The second-order valence-electron chi connectivity index (χ2n) is 11.1. The summed E-state index contributed by atoms with van der Waals surface area (Å²) in [5, 5.41) is 6.01. The molecular weight excluding hydrogens is 589 g/mol. The number of carbonyl (C=O) groups is 2. The number of urea groups is 1. The van der Waals surface area contributed by atoms with Gasteiger partial charge >= 0.3 is 12.2 Å². The highest BCUT2D eigenvalue weighted by atomic mass is 19.4. The van der Waals surface area contributed by atoms with Crippen molar-refractivity contribution >= 4 is 46.5 Å². The maximum absolute atomic E-state index is 13.6. The van der Waals surface area contributed by atoms with Gasteiger partial charge in [-0.3, -0.25) is 4.79 Å². The summed E-state index contributed by atoms with van der Waals surface area (Å²) in [5.41, 5.74) is 1.77. The van der Waals surface area contributed by atoms with E-state index in [1.807, 2.05) is 19.9 Å². The minimum atomic E-state index is -4.52. The Kier molecular flexibility index (Phi) is 8.87. The van der Waals surface area contributed by atoms with Crippen molar-refractivity contribution in [3.8, 4) is 5.75 Å². The number of nitrogens with zero attached hydrogens (tertiary/aromatic N) is 6. The average Bonchev–Trinajstić information content (AvgIpc) is 3.01. The number of hydrogen-bond donors (Lipinski definition) is 2. The minimum Gasteiger partial charge on any atom is -0.494 e. The molecule has 2 N–H and O–H groups in total. The second-order valence-corrected chi connectivity index (χ2v) is 11.1. The van der Waals surface area contributed by atoms with Gasteiger partial charge in [-0.25, -0.2) is 14.7 Å². The predicted molar refractivity (Wildman–Crippen MR) is 167 cm³/mol. The highest BCUT2D eigenvalue weighted by molar-refractivity contribution is 6.03. The van der Waals surface area contributed by atoms with Gasteiger partial charge in [0.2, 0.25) is 11.9 Å². The summed E-state index contributed by atoms with van der Waals surface area (Å²) in [4.78, 5) is 42.4. The van der Waals surface area contributed by atoms with Gasteiger partial charge in [-0.1, -0.05) is 6.58 Å². The molecule has 238 valence electrons. The van der Waals surface area contributed by atoms with Crippen LogP contribution in [0.15, 0.2) is 55.3 Å². The number of fused-ring (bicyclic) bond motifs is 1. The number of likely N-dealkylation sites (N-methyl/N-ethyl adjacent to an activating group) is 1. The van der Waals surface area contributed by atoms with Gasteiger partial charge in [0.05, 0.1) is 42.0 Å². The number of piperazine rings is 1. The molecule has 0 saturated carbocycles. The first-order valence-electron chi connectivity index (χ1n) is 14.4. The Hall–Kier alpha value is -4.85. The van der Waals surface area contributed by atoms with Crippen LogP contribution in [0.25, 0.3) is 0 Å². The summed E-state index contributed by atoms with van der Waals surface area (Å²) in [5.74, 6) is 0.431. The molecule has 1 aromatic heterocycles. The third kappa shape index (κ3) is 6.65. The van der Waals surface area contributed by atoms with E-state index in [0.717, 1.165) is 44.0 Å². The third-order valence-electron chi connectivity index (χ3n) is 7.76. The van der Waals surface area contributed by atoms with Gasteiger partial charge in [0, 0.05) is 50.0 Å². The molecule has 0 radical (unpaired) electrons. The van der Waals surface area contributed by atoms with Gasteiger partial charge in [-0.15, -0.1) is 0 Å². The first-order chi connectivity index (χ1) is 21.4. The molecule has 3 amide bonds. The number of aromatic nitrogens is 2. The molecule has 0 atom stereocenters. The lowest BCUT2D eigenvalue weighted by atomic mass is 10.1. The molecular formula is C31H35F3N8O3. The van der Waals surface area contributed by atoms with Gasteiger partial charge in [-0.2, -0.15) is 18.2 Å². The van der Waals surface area contributed by atoms with Crippen molar-refractivity contribution in [3.05, 3.63) is 66.4 Å². The van der Waals surface area contributed by atoms with E-state index in [2.05, 4.69) is 44.0 Å². The molecule has 0 aliphatic carbocycles. The largest absolute Gasteiger partial charge is 0.494 e. The highest BCUT2D eigenvalue weighted by Gasteiger charge is 2.36. The average molecular weight is 625 g/mol. The first kappa shape index (κ1) is 31.6. The lowest BCUT2D eigenvalue weighted by Gasteiger charge is -2.38. The van der Waals surface area contributed by atoms with E-state index in [1.54, 1.807) is 17.2 Å². The normalized spacial score (nSPS) is 15.6. The molecule has 5 rings (SSSR count). The van der Waals surface area contributed by atoms with Crippen molar-refractivity contribution in [2.75, 3.05) is 60.8 Å². The Balaban J connectivity index is 1.54. The Bertz CT molecular complexity index is 1590. The molecule has 11 nitrogen and oxygen atoms in total. The summed E-state index contributed by atoms with van der Waals surface area (Å²) in [7, 11) is 3.58. The van der Waals surface area contributed by atoms with Crippen molar-refractivity contribution in [2.45, 2.75) is 32.6 Å². The van der Waals surface area contributed by atoms with E-state index < -0.39 is 17.8 Å². The van der Waals surface area contributed by atoms with Crippen LogP contribution in [0.4, 0.5) is 52.5 Å². The number of rotatable bonds is 8. The van der Waals surface area contributed by atoms with Crippen molar-refractivity contribution in [1.29, 1.82) is 0 Å². The van der Waals surface area contributed by atoms with Gasteiger partial charge in [-0.05, 0) is 57.3 Å². The molecule has 0 bridgehead atoms. The Labute approximate surface area is 259 Å². The van der Waals surface area contributed by atoms with Crippen molar-refractivity contribution in [1.82, 2.24) is 19.8 Å². The zero-order chi connectivity index (χ0) is 32.5. The molecule has 0 spiro atoms. The van der Waals surface area contributed by atoms with Gasteiger partial charge in [0.15, 0.2) is 5.82 Å². The standard InChI is InChI=1S/C31H35F3N8O3/c1-6-27(43)36-23-15-24(26(45-5)16-25(23)40-13-11-39(4)12-14-40)37-29-35-17-20-18-41(19(2)3)30(44)42(28(20)38-29)22-9-7-21(8-10-22)31(32,33)34/h6-10,15-17,19H,1,11-14,18H2,2-5H3,(H,36,43)(H,35,37,38). The van der Waals surface area contributed by atoms with E-state index in [-0.39, 0.29) is 35.9 Å². The molecule has 2 aliphatic rings. The third-order valence-corrected chi connectivity index (χ3v) is 7.76. The SMILES string of the molecule is C=CC(=O)Nc1cc(Nc2ncc3c(n2)N(c2ccc(C(F)(F)F)cc2)C(=O)N(C(C)C)C3)c(OC)cc1N1CCN(C)CC1. The van der Waals surface area contributed by atoms with Crippen LogP contribution >= 0.6 is 0 Å². The number of methoxy groups -OCH3 is 1. The van der Waals surface area contributed by atoms with Crippen LogP contribution in [0, 0.1) is 0 Å². The molecule has 3 heterocycles. The van der Waals surface area contributed by atoms with Crippen LogP contribution in [0.3, 0.4) is 0 Å². The van der Waals surface area contributed by atoms with Crippen LogP contribution in [-0.4, -0.2) is 78.1 Å². The fourth-order valence-corrected chi connectivity index (χ4v) is 5.22. The number of nitrogens with one attached hydrogen (secondary N) is 2. The lowest BCUT2D eigenvalue weighted by molar-refractivity contribution is -0.137. The molecule has 3 aromatic rings. The number of ether oxygens (including phenoxy) is 1. The summed E-state index contributed by atoms with van der Waals surface area (Å²) in [6.07, 6.45) is -1.76.